The van der Waals surface area contributed by atoms with E-state index in [9.17, 15) is 14.2 Å². The highest BCUT2D eigenvalue weighted by Crippen LogP contribution is 2.40. The molecule has 1 heterocycles. The van der Waals surface area contributed by atoms with Crippen molar-refractivity contribution < 1.29 is 14.2 Å². The molecule has 20 heavy (non-hydrogen) atoms. The van der Waals surface area contributed by atoms with Crippen LogP contribution in [-0.4, -0.2) is 29.1 Å². The maximum Gasteiger partial charge on any atom is 0.332 e. The Morgan fingerprint density at radius 3 is 2.50 bits per heavy atom. The minimum absolute atomic E-state index is 0.144. The Hall–Kier alpha value is -0.910. The number of piperidine rings is 1. The zero-order valence-corrected chi connectivity index (χ0v) is 12.5. The quantitative estimate of drug-likeness (QED) is 0.663. The molecule has 0 bridgehead atoms. The van der Waals surface area contributed by atoms with Crippen LogP contribution < -0.4 is 16.3 Å². The van der Waals surface area contributed by atoms with Crippen LogP contribution in [0.1, 0.15) is 44.9 Å². The van der Waals surface area contributed by atoms with Crippen LogP contribution in [0.3, 0.4) is 0 Å². The standard InChI is InChI=1S/C12H23N4O3P/c13-10-7-4-8-16(12(10)18)20(14,19)15-11(17)9-5-2-1-3-6-9/h9-10H,1-8,13H2,(H3,14,15,17,19)/t10-,20?/m0/s1. The molecule has 2 rings (SSSR count). The van der Waals surface area contributed by atoms with Crippen molar-refractivity contribution in [2.75, 3.05) is 6.54 Å². The van der Waals surface area contributed by atoms with E-state index in [1.54, 1.807) is 0 Å². The number of rotatable bonds is 3. The number of amides is 2. The van der Waals surface area contributed by atoms with Gasteiger partial charge in [-0.15, -0.1) is 0 Å². The van der Waals surface area contributed by atoms with Gasteiger partial charge in [-0.2, -0.15) is 0 Å². The summed E-state index contributed by atoms with van der Waals surface area (Å²) in [6, 6.07) is -0.674. The first-order valence-corrected chi connectivity index (χ1v) is 8.93. The third kappa shape index (κ3) is 3.40. The average Bonchev–Trinajstić information content (AvgIpc) is 2.42. The molecule has 7 nitrogen and oxygen atoms in total. The van der Waals surface area contributed by atoms with Gasteiger partial charge >= 0.3 is 7.59 Å². The fourth-order valence-electron chi connectivity index (χ4n) is 2.86. The lowest BCUT2D eigenvalue weighted by Crippen LogP contribution is -2.50. The number of carbonyl (C=O) groups is 2. The van der Waals surface area contributed by atoms with E-state index in [0.29, 0.717) is 12.8 Å². The molecule has 0 radical (unpaired) electrons. The Morgan fingerprint density at radius 2 is 1.85 bits per heavy atom. The van der Waals surface area contributed by atoms with Crippen molar-refractivity contribution >= 4 is 19.4 Å². The lowest BCUT2D eigenvalue weighted by molar-refractivity contribution is -0.130. The third-order valence-corrected chi connectivity index (χ3v) is 5.72. The number of carbonyl (C=O) groups excluding carboxylic acids is 2. The summed E-state index contributed by atoms with van der Waals surface area (Å²) in [4.78, 5) is 24.0. The second kappa shape index (κ2) is 6.24. The number of hydrogen-bond acceptors (Lipinski definition) is 4. The van der Waals surface area contributed by atoms with E-state index < -0.39 is 19.5 Å². The smallest absolute Gasteiger partial charge is 0.320 e. The molecule has 5 N–H and O–H groups in total. The Balaban J connectivity index is 2.00. The van der Waals surface area contributed by atoms with Gasteiger partial charge in [-0.25, -0.2) is 5.50 Å². The monoisotopic (exact) mass is 302 g/mol. The number of nitrogens with two attached hydrogens (primary N) is 2. The van der Waals surface area contributed by atoms with Gasteiger partial charge in [0.2, 0.25) is 11.8 Å². The van der Waals surface area contributed by atoms with Crippen LogP contribution in [0.2, 0.25) is 0 Å². The summed E-state index contributed by atoms with van der Waals surface area (Å²) < 4.78 is 13.5. The topological polar surface area (TPSA) is 119 Å². The first kappa shape index (κ1) is 15.5. The van der Waals surface area contributed by atoms with Gasteiger partial charge in [0.25, 0.3) is 0 Å². The van der Waals surface area contributed by atoms with Gasteiger partial charge in [-0.1, -0.05) is 19.3 Å². The molecule has 2 fully saturated rings. The summed E-state index contributed by atoms with van der Waals surface area (Å²) >= 11 is 0. The van der Waals surface area contributed by atoms with Crippen molar-refractivity contribution in [2.45, 2.75) is 51.0 Å². The van der Waals surface area contributed by atoms with Crippen molar-refractivity contribution in [1.82, 2.24) is 9.76 Å². The lowest BCUT2D eigenvalue weighted by atomic mass is 9.89. The first-order valence-electron chi connectivity index (χ1n) is 7.20. The molecule has 1 aliphatic carbocycles. The summed E-state index contributed by atoms with van der Waals surface area (Å²) in [7, 11) is -3.68. The first-order chi connectivity index (χ1) is 9.42. The van der Waals surface area contributed by atoms with Crippen molar-refractivity contribution in [3.8, 4) is 0 Å². The molecule has 0 aromatic rings. The van der Waals surface area contributed by atoms with Gasteiger partial charge in [0.15, 0.2) is 0 Å². The number of nitrogens with zero attached hydrogens (tertiary/aromatic N) is 1. The number of hydrogen-bond donors (Lipinski definition) is 3. The zero-order valence-electron chi connectivity index (χ0n) is 11.6. The van der Waals surface area contributed by atoms with Gasteiger partial charge in [0, 0.05) is 12.5 Å². The molecular weight excluding hydrogens is 279 g/mol. The van der Waals surface area contributed by atoms with Gasteiger partial charge in [0.1, 0.15) is 0 Å². The Bertz CT molecular complexity index is 436. The van der Waals surface area contributed by atoms with Crippen LogP contribution in [0.5, 0.6) is 0 Å². The highest BCUT2D eigenvalue weighted by atomic mass is 31.2. The molecule has 1 unspecified atom stereocenters. The molecule has 1 saturated carbocycles. The molecule has 2 atom stereocenters. The van der Waals surface area contributed by atoms with Crippen molar-refractivity contribution in [3.05, 3.63) is 0 Å². The lowest BCUT2D eigenvalue weighted by Gasteiger charge is -2.35. The predicted octanol–water partition coefficient (Wildman–Crippen LogP) is 0.699. The molecule has 2 aliphatic rings. The van der Waals surface area contributed by atoms with Crippen LogP contribution >= 0.6 is 7.59 Å². The molecule has 0 aromatic heterocycles. The highest BCUT2D eigenvalue weighted by Gasteiger charge is 2.38. The molecule has 8 heteroatoms. The summed E-state index contributed by atoms with van der Waals surface area (Å²) in [6.45, 7) is 0.283. The Labute approximate surface area is 119 Å². The molecule has 1 saturated heterocycles. The van der Waals surface area contributed by atoms with Crippen LogP contribution in [0.25, 0.3) is 0 Å². The summed E-state index contributed by atoms with van der Waals surface area (Å²) in [5, 5.41) is 2.39. The predicted molar refractivity (Wildman–Crippen MR) is 75.4 cm³/mol. The summed E-state index contributed by atoms with van der Waals surface area (Å²) in [5.41, 5.74) is 11.4. The summed E-state index contributed by atoms with van der Waals surface area (Å²) in [6.07, 6.45) is 5.92. The normalized spacial score (nSPS) is 28.0. The largest absolute Gasteiger partial charge is 0.332 e. The molecule has 114 valence electrons. The average molecular weight is 302 g/mol. The van der Waals surface area contributed by atoms with E-state index >= 15 is 0 Å². The van der Waals surface area contributed by atoms with Crippen molar-refractivity contribution in [3.63, 3.8) is 0 Å². The zero-order chi connectivity index (χ0) is 14.8. The van der Waals surface area contributed by atoms with Crippen LogP contribution in [0.15, 0.2) is 0 Å². The minimum atomic E-state index is -3.68. The van der Waals surface area contributed by atoms with E-state index in [1.807, 2.05) is 0 Å². The van der Waals surface area contributed by atoms with E-state index in [0.717, 1.165) is 36.8 Å². The fourth-order valence-corrected chi connectivity index (χ4v) is 4.35. The van der Waals surface area contributed by atoms with E-state index in [4.69, 9.17) is 11.2 Å². The van der Waals surface area contributed by atoms with Gasteiger partial charge < -0.3 is 5.73 Å². The molecule has 0 spiro atoms. The van der Waals surface area contributed by atoms with Gasteiger partial charge in [-0.3, -0.25) is 23.9 Å². The maximum absolute atomic E-state index is 12.5. The maximum atomic E-state index is 12.5. The van der Waals surface area contributed by atoms with Crippen LogP contribution in [-0.2, 0) is 14.2 Å². The van der Waals surface area contributed by atoms with Crippen LogP contribution in [0.4, 0.5) is 0 Å². The molecule has 0 aromatic carbocycles. The summed E-state index contributed by atoms with van der Waals surface area (Å²) in [5.74, 6) is -0.886. The number of nitrogens with one attached hydrogen (secondary N) is 1. The third-order valence-electron chi connectivity index (χ3n) is 4.06. The Morgan fingerprint density at radius 1 is 1.20 bits per heavy atom. The molecule has 2 amide bonds. The van der Waals surface area contributed by atoms with Gasteiger partial charge in [-0.05, 0) is 25.7 Å². The fraction of sp³-hybridized carbons (Fsp3) is 0.833. The Kier molecular flexibility index (Phi) is 4.83. The van der Waals surface area contributed by atoms with Crippen LogP contribution in [0, 0.1) is 5.92 Å². The van der Waals surface area contributed by atoms with E-state index in [1.165, 1.54) is 0 Å². The molecular formula is C12H23N4O3P. The SMILES string of the molecule is N[C@H]1CCCN(P(N)(=O)NC(=O)C2CCCCC2)C1=O. The highest BCUT2D eigenvalue weighted by molar-refractivity contribution is 7.58. The molecule has 1 aliphatic heterocycles. The van der Waals surface area contributed by atoms with Gasteiger partial charge in [0.05, 0.1) is 6.04 Å². The van der Waals surface area contributed by atoms with Crippen molar-refractivity contribution in [1.29, 1.82) is 0 Å². The second-order valence-electron chi connectivity index (χ2n) is 5.64. The van der Waals surface area contributed by atoms with E-state index in [2.05, 4.69) is 5.09 Å². The van der Waals surface area contributed by atoms with E-state index in [-0.39, 0.29) is 18.4 Å². The second-order valence-corrected chi connectivity index (χ2v) is 7.60. The minimum Gasteiger partial charge on any atom is -0.320 e. The van der Waals surface area contributed by atoms with Crippen molar-refractivity contribution in [2.24, 2.45) is 17.2 Å².